The van der Waals surface area contributed by atoms with Crippen LogP contribution >= 0.6 is 11.8 Å². The number of benzene rings is 3. The van der Waals surface area contributed by atoms with Gasteiger partial charge in [0, 0.05) is 10.3 Å². The second kappa shape index (κ2) is 15.6. The summed E-state index contributed by atoms with van der Waals surface area (Å²) in [5.74, 6) is 1.22. The summed E-state index contributed by atoms with van der Waals surface area (Å²) < 4.78 is 6.08. The largest absolute Gasteiger partial charge is 0.506 e. The molecule has 0 bridgehead atoms. The quantitative estimate of drug-likeness (QED) is 0.145. The highest BCUT2D eigenvalue weighted by molar-refractivity contribution is 7.99. The summed E-state index contributed by atoms with van der Waals surface area (Å²) in [5.41, 5.74) is 1.94. The second-order valence-electron chi connectivity index (χ2n) is 9.73. The number of aryl methyl sites for hydroxylation is 1. The minimum Gasteiger partial charge on any atom is -0.506 e. The number of phenols is 1. The van der Waals surface area contributed by atoms with E-state index in [-0.39, 0.29) is 17.2 Å². The van der Waals surface area contributed by atoms with Crippen molar-refractivity contribution >= 4 is 34.1 Å². The van der Waals surface area contributed by atoms with Gasteiger partial charge >= 0.3 is 0 Å². The van der Waals surface area contributed by atoms with Crippen LogP contribution in [0, 0.1) is 6.92 Å². The molecule has 0 fully saturated rings. The Bertz CT molecular complexity index is 1140. The van der Waals surface area contributed by atoms with E-state index in [1.807, 2.05) is 49.4 Å². The molecule has 2 N–H and O–H groups in total. The predicted octanol–water partition coefficient (Wildman–Crippen LogP) is 9.52. The topological polar surface area (TPSA) is 58.6 Å². The first kappa shape index (κ1) is 28.9. The van der Waals surface area contributed by atoms with Crippen LogP contribution in [0.15, 0.2) is 53.4 Å². The van der Waals surface area contributed by atoms with E-state index in [2.05, 4.69) is 19.2 Å². The van der Waals surface area contributed by atoms with Crippen LogP contribution in [0.1, 0.15) is 94.0 Å². The molecule has 4 nitrogen and oxygen atoms in total. The van der Waals surface area contributed by atoms with Crippen LogP contribution in [-0.2, 0) is 0 Å². The zero-order valence-electron chi connectivity index (χ0n) is 22.8. The monoisotopic (exact) mass is 521 g/mol. The van der Waals surface area contributed by atoms with Crippen molar-refractivity contribution in [2.75, 3.05) is 17.7 Å². The molecule has 0 aromatic heterocycles. The summed E-state index contributed by atoms with van der Waals surface area (Å²) in [4.78, 5) is 14.3. The second-order valence-corrected chi connectivity index (χ2v) is 11.0. The van der Waals surface area contributed by atoms with Gasteiger partial charge in [0.25, 0.3) is 5.91 Å². The first-order valence-corrected chi connectivity index (χ1v) is 15.0. The molecular formula is C32H43NO3S. The lowest BCUT2D eigenvalue weighted by atomic mass is 10.0. The molecule has 0 aliphatic carbocycles. The number of rotatable bonds is 16. The van der Waals surface area contributed by atoms with Crippen molar-refractivity contribution in [3.05, 3.63) is 59.7 Å². The van der Waals surface area contributed by atoms with Crippen molar-refractivity contribution in [2.24, 2.45) is 0 Å². The minimum atomic E-state index is -0.337. The number of phenolic OH excluding ortho intramolecular Hbond substituents is 1. The number of anilines is 1. The van der Waals surface area contributed by atoms with Crippen LogP contribution in [0.25, 0.3) is 10.8 Å². The Morgan fingerprint density at radius 1 is 0.865 bits per heavy atom. The average molecular weight is 522 g/mol. The third-order valence-corrected chi connectivity index (χ3v) is 7.60. The van der Waals surface area contributed by atoms with Crippen molar-refractivity contribution in [3.63, 3.8) is 0 Å². The number of amides is 1. The van der Waals surface area contributed by atoms with Gasteiger partial charge in [-0.3, -0.25) is 4.79 Å². The molecule has 0 heterocycles. The zero-order chi connectivity index (χ0) is 26.5. The van der Waals surface area contributed by atoms with Gasteiger partial charge in [0.2, 0.25) is 0 Å². The summed E-state index contributed by atoms with van der Waals surface area (Å²) in [6, 6.07) is 15.3. The lowest BCUT2D eigenvalue weighted by Gasteiger charge is -2.16. The summed E-state index contributed by atoms with van der Waals surface area (Å²) in [6.07, 6.45) is 12.8. The van der Waals surface area contributed by atoms with Crippen LogP contribution in [0.2, 0.25) is 0 Å². The molecule has 0 saturated carbocycles. The maximum Gasteiger partial charge on any atom is 0.259 e. The summed E-state index contributed by atoms with van der Waals surface area (Å²) in [7, 11) is 0. The van der Waals surface area contributed by atoms with Gasteiger partial charge in [-0.25, -0.2) is 0 Å². The highest BCUT2D eigenvalue weighted by Crippen LogP contribution is 2.37. The minimum absolute atomic E-state index is 0.00837. The maximum atomic E-state index is 13.3. The highest BCUT2D eigenvalue weighted by atomic mass is 32.2. The number of fused-ring (bicyclic) bond motifs is 1. The Hall–Kier alpha value is -2.66. The van der Waals surface area contributed by atoms with Crippen LogP contribution in [0.4, 0.5) is 5.69 Å². The molecule has 0 aliphatic rings. The Labute approximate surface area is 227 Å². The Morgan fingerprint density at radius 3 is 2.19 bits per heavy atom. The van der Waals surface area contributed by atoms with Crippen molar-refractivity contribution in [1.29, 1.82) is 0 Å². The van der Waals surface area contributed by atoms with Gasteiger partial charge < -0.3 is 15.2 Å². The SMILES string of the molecule is CCCCCCCCCCCCOc1ccc(C)cc1NC(=O)c1cc(SCC)c2ccccc2c1O. The van der Waals surface area contributed by atoms with Crippen LogP contribution in [0.3, 0.4) is 0 Å². The summed E-state index contributed by atoms with van der Waals surface area (Å²) >= 11 is 1.67. The fraction of sp³-hybridized carbons (Fsp3) is 0.469. The highest BCUT2D eigenvalue weighted by Gasteiger charge is 2.19. The van der Waals surface area contributed by atoms with Crippen molar-refractivity contribution in [3.8, 4) is 11.5 Å². The predicted molar refractivity (Wildman–Crippen MR) is 158 cm³/mol. The Kier molecular flexibility index (Phi) is 12.2. The number of nitrogens with one attached hydrogen (secondary N) is 1. The molecule has 0 radical (unpaired) electrons. The van der Waals surface area contributed by atoms with E-state index in [9.17, 15) is 9.90 Å². The molecule has 0 aliphatic heterocycles. The van der Waals surface area contributed by atoms with E-state index in [4.69, 9.17) is 4.74 Å². The van der Waals surface area contributed by atoms with E-state index < -0.39 is 0 Å². The number of hydrogen-bond donors (Lipinski definition) is 2. The normalized spacial score (nSPS) is 11.1. The molecule has 37 heavy (non-hydrogen) atoms. The average Bonchev–Trinajstić information content (AvgIpc) is 2.90. The maximum absolute atomic E-state index is 13.3. The van der Waals surface area contributed by atoms with Gasteiger partial charge in [-0.15, -0.1) is 11.8 Å². The molecule has 0 spiro atoms. The van der Waals surface area contributed by atoms with Gasteiger partial charge in [-0.05, 0) is 48.2 Å². The fourth-order valence-electron chi connectivity index (χ4n) is 4.60. The number of ether oxygens (including phenoxy) is 1. The van der Waals surface area contributed by atoms with E-state index in [0.717, 1.165) is 34.4 Å². The fourth-order valence-corrected chi connectivity index (χ4v) is 5.45. The number of aromatic hydroxyl groups is 1. The van der Waals surface area contributed by atoms with E-state index in [0.29, 0.717) is 23.4 Å². The lowest BCUT2D eigenvalue weighted by molar-refractivity contribution is 0.102. The van der Waals surface area contributed by atoms with E-state index >= 15 is 0 Å². The van der Waals surface area contributed by atoms with Crippen LogP contribution < -0.4 is 10.1 Å². The van der Waals surface area contributed by atoms with Crippen molar-refractivity contribution in [2.45, 2.75) is 89.9 Å². The molecule has 0 saturated heterocycles. The standard InChI is InChI=1S/C32H43NO3S/c1-4-6-7-8-9-10-11-12-13-16-21-36-29-20-19-24(3)22-28(29)33-32(35)27-23-30(37-5-2)25-17-14-15-18-26(25)31(27)34/h14-15,17-20,22-23,34H,4-13,16,21H2,1-3H3,(H,33,35). The van der Waals surface area contributed by atoms with Gasteiger partial charge in [0.15, 0.2) is 0 Å². The Morgan fingerprint density at radius 2 is 1.51 bits per heavy atom. The molecule has 200 valence electrons. The molecule has 0 atom stereocenters. The third-order valence-electron chi connectivity index (χ3n) is 6.66. The zero-order valence-corrected chi connectivity index (χ0v) is 23.6. The van der Waals surface area contributed by atoms with Gasteiger partial charge in [-0.2, -0.15) is 0 Å². The summed E-state index contributed by atoms with van der Waals surface area (Å²) in [6.45, 7) is 6.96. The van der Waals surface area contributed by atoms with Crippen LogP contribution in [-0.4, -0.2) is 23.4 Å². The molecule has 0 unspecified atom stereocenters. The Balaban J connectivity index is 1.58. The number of unbranched alkanes of at least 4 members (excludes halogenated alkanes) is 9. The first-order chi connectivity index (χ1) is 18.0. The van der Waals surface area contributed by atoms with Gasteiger partial charge in [0.05, 0.1) is 17.9 Å². The molecule has 3 aromatic rings. The van der Waals surface area contributed by atoms with E-state index in [1.165, 1.54) is 51.4 Å². The summed E-state index contributed by atoms with van der Waals surface area (Å²) in [5, 5.41) is 15.6. The van der Waals surface area contributed by atoms with E-state index in [1.54, 1.807) is 17.8 Å². The number of carbonyl (C=O) groups excluding carboxylic acids is 1. The van der Waals surface area contributed by atoms with Crippen LogP contribution in [0.5, 0.6) is 11.5 Å². The number of thioether (sulfide) groups is 1. The molecule has 3 aromatic carbocycles. The smallest absolute Gasteiger partial charge is 0.259 e. The third kappa shape index (κ3) is 8.70. The molecule has 5 heteroatoms. The van der Waals surface area contributed by atoms with Crippen molar-refractivity contribution in [1.82, 2.24) is 0 Å². The van der Waals surface area contributed by atoms with Gasteiger partial charge in [-0.1, -0.05) is 102 Å². The van der Waals surface area contributed by atoms with Crippen molar-refractivity contribution < 1.29 is 14.6 Å². The first-order valence-electron chi connectivity index (χ1n) is 14.0. The molecule has 3 rings (SSSR count). The van der Waals surface area contributed by atoms with Gasteiger partial charge in [0.1, 0.15) is 11.5 Å². The molecular weight excluding hydrogens is 478 g/mol. The number of carbonyl (C=O) groups is 1. The molecule has 1 amide bonds. The lowest BCUT2D eigenvalue weighted by Crippen LogP contribution is -2.14. The number of hydrogen-bond acceptors (Lipinski definition) is 4.